The van der Waals surface area contributed by atoms with Gasteiger partial charge < -0.3 is 10.4 Å². The smallest absolute Gasteiger partial charge is 0.258 e. The van der Waals surface area contributed by atoms with Gasteiger partial charge in [0.1, 0.15) is 0 Å². The Balaban J connectivity index is 1.41. The second-order valence-electron chi connectivity index (χ2n) is 8.87. The highest BCUT2D eigenvalue weighted by Crippen LogP contribution is 2.27. The molecule has 0 spiro atoms. The molecule has 0 saturated carbocycles. The molecule has 0 bridgehead atoms. The van der Waals surface area contributed by atoms with Gasteiger partial charge in [0.2, 0.25) is 5.88 Å². The van der Waals surface area contributed by atoms with E-state index in [-0.39, 0.29) is 11.4 Å². The van der Waals surface area contributed by atoms with Crippen LogP contribution in [0.25, 0.3) is 10.8 Å². The molecule has 0 aliphatic carbocycles. The van der Waals surface area contributed by atoms with Crippen LogP contribution < -0.4 is 10.9 Å². The number of likely N-dealkylation sites (tertiary alicyclic amines) is 1. The lowest BCUT2D eigenvalue weighted by molar-refractivity contribution is 0.221. The average molecular weight is 487 g/mol. The fraction of sp³-hybridized carbons (Fsp3) is 0.214. The van der Waals surface area contributed by atoms with E-state index in [0.717, 1.165) is 36.7 Å². The van der Waals surface area contributed by atoms with Crippen LogP contribution >= 0.6 is 11.6 Å². The number of rotatable bonds is 6. The minimum Gasteiger partial charge on any atom is -0.494 e. The summed E-state index contributed by atoms with van der Waals surface area (Å²) in [6.07, 6.45) is 5.47. The summed E-state index contributed by atoms with van der Waals surface area (Å²) < 4.78 is 0. The molecule has 1 fully saturated rings. The predicted octanol–water partition coefficient (Wildman–Crippen LogP) is 6.37. The molecule has 3 aromatic carbocycles. The maximum absolute atomic E-state index is 12.4. The van der Waals surface area contributed by atoms with Crippen LogP contribution in [0, 0.1) is 0 Å². The standard InChI is InChI=1S/C28H27ClN4O2/c29-20-5-4-6-22(15-20)31-23-11-12-24-25(16-23)26(28(35)32-27(24)34)17-30-21-9-7-19(8-10-21)18-33-13-2-1-3-14-33/h4-12,15-17,31H,1-3,13-14,18H2,(H2,32,34,35). The van der Waals surface area contributed by atoms with E-state index in [0.29, 0.717) is 21.4 Å². The molecule has 3 N–H and O–H groups in total. The van der Waals surface area contributed by atoms with Crippen molar-refractivity contribution >= 4 is 45.7 Å². The van der Waals surface area contributed by atoms with Crippen LogP contribution in [0.3, 0.4) is 0 Å². The number of hydrogen-bond donors (Lipinski definition) is 3. The van der Waals surface area contributed by atoms with Gasteiger partial charge >= 0.3 is 0 Å². The summed E-state index contributed by atoms with van der Waals surface area (Å²) in [5, 5.41) is 15.5. The Morgan fingerprint density at radius 1 is 0.971 bits per heavy atom. The number of hydrogen-bond acceptors (Lipinski definition) is 5. The first kappa shape index (κ1) is 23.1. The molecule has 35 heavy (non-hydrogen) atoms. The van der Waals surface area contributed by atoms with Gasteiger partial charge in [-0.2, -0.15) is 0 Å². The van der Waals surface area contributed by atoms with Crippen molar-refractivity contribution in [1.82, 2.24) is 9.88 Å². The topological polar surface area (TPSA) is 80.7 Å². The Labute approximate surface area is 208 Å². The summed E-state index contributed by atoms with van der Waals surface area (Å²) >= 11 is 6.09. The summed E-state index contributed by atoms with van der Waals surface area (Å²) in [6, 6.07) is 20.9. The number of benzene rings is 3. The number of aromatic nitrogens is 1. The van der Waals surface area contributed by atoms with Gasteiger partial charge in [-0.25, -0.2) is 0 Å². The Morgan fingerprint density at radius 3 is 2.51 bits per heavy atom. The number of aliphatic imine (C=N–C) groups is 1. The third-order valence-electron chi connectivity index (χ3n) is 6.29. The fourth-order valence-electron chi connectivity index (χ4n) is 4.48. The van der Waals surface area contributed by atoms with E-state index >= 15 is 0 Å². The van der Waals surface area contributed by atoms with Crippen LogP contribution in [-0.4, -0.2) is 34.3 Å². The lowest BCUT2D eigenvalue weighted by Gasteiger charge is -2.26. The van der Waals surface area contributed by atoms with Crippen LogP contribution in [0.1, 0.15) is 30.4 Å². The summed E-state index contributed by atoms with van der Waals surface area (Å²) in [6.45, 7) is 3.27. The summed E-state index contributed by atoms with van der Waals surface area (Å²) in [4.78, 5) is 22.0. The molecular formula is C28H27ClN4O2. The maximum Gasteiger partial charge on any atom is 0.258 e. The van der Waals surface area contributed by atoms with Crippen molar-refractivity contribution in [3.63, 3.8) is 0 Å². The van der Waals surface area contributed by atoms with Crippen molar-refractivity contribution in [2.24, 2.45) is 4.99 Å². The minimum absolute atomic E-state index is 0.215. The Bertz CT molecular complexity index is 1420. The molecule has 1 aliphatic rings. The Morgan fingerprint density at radius 2 is 1.74 bits per heavy atom. The van der Waals surface area contributed by atoms with Gasteiger partial charge in [-0.3, -0.25) is 19.7 Å². The second kappa shape index (κ2) is 10.3. The van der Waals surface area contributed by atoms with E-state index in [9.17, 15) is 9.90 Å². The number of aromatic amines is 1. The van der Waals surface area contributed by atoms with E-state index in [2.05, 4.69) is 32.3 Å². The Hall–Kier alpha value is -3.61. The van der Waals surface area contributed by atoms with Crippen molar-refractivity contribution in [1.29, 1.82) is 0 Å². The minimum atomic E-state index is -0.356. The quantitative estimate of drug-likeness (QED) is 0.277. The number of piperidine rings is 1. The molecule has 7 heteroatoms. The number of fused-ring (bicyclic) bond motifs is 1. The van der Waals surface area contributed by atoms with Gasteiger partial charge in [-0.1, -0.05) is 36.2 Å². The molecular weight excluding hydrogens is 460 g/mol. The fourth-order valence-corrected chi connectivity index (χ4v) is 4.67. The highest BCUT2D eigenvalue weighted by atomic mass is 35.5. The zero-order valence-corrected chi connectivity index (χ0v) is 20.1. The number of aromatic hydroxyl groups is 1. The molecule has 1 saturated heterocycles. The molecule has 0 amide bonds. The maximum atomic E-state index is 12.4. The highest BCUT2D eigenvalue weighted by molar-refractivity contribution is 6.30. The number of nitrogens with one attached hydrogen (secondary N) is 2. The first-order valence-electron chi connectivity index (χ1n) is 11.8. The average Bonchev–Trinajstić information content (AvgIpc) is 2.85. The van der Waals surface area contributed by atoms with Gasteiger partial charge in [0.15, 0.2) is 0 Å². The first-order valence-corrected chi connectivity index (χ1v) is 12.2. The molecule has 1 aliphatic heterocycles. The Kier molecular flexibility index (Phi) is 6.84. The predicted molar refractivity (Wildman–Crippen MR) is 144 cm³/mol. The molecule has 5 rings (SSSR count). The number of nitrogens with zero attached hydrogens (tertiary/aromatic N) is 2. The van der Waals surface area contributed by atoms with Crippen LogP contribution in [0.2, 0.25) is 5.02 Å². The molecule has 0 atom stereocenters. The zero-order chi connectivity index (χ0) is 24.2. The van der Waals surface area contributed by atoms with Crippen LogP contribution in [0.5, 0.6) is 5.88 Å². The zero-order valence-electron chi connectivity index (χ0n) is 19.3. The third-order valence-corrected chi connectivity index (χ3v) is 6.52. The number of H-pyrrole nitrogens is 1. The van der Waals surface area contributed by atoms with Crippen molar-refractivity contribution in [2.45, 2.75) is 25.8 Å². The van der Waals surface area contributed by atoms with E-state index in [1.54, 1.807) is 18.3 Å². The lowest BCUT2D eigenvalue weighted by Crippen LogP contribution is -2.28. The SMILES string of the molecule is O=c1[nH]c(O)c(C=Nc2ccc(CN3CCCCC3)cc2)c2cc(Nc3cccc(Cl)c3)ccc12. The van der Waals surface area contributed by atoms with Gasteiger partial charge in [0.05, 0.1) is 11.3 Å². The first-order chi connectivity index (χ1) is 17.0. The van der Waals surface area contributed by atoms with Crippen molar-refractivity contribution < 1.29 is 5.11 Å². The summed E-state index contributed by atoms with van der Waals surface area (Å²) in [5.74, 6) is -0.215. The van der Waals surface area contributed by atoms with E-state index in [1.165, 1.54) is 24.8 Å². The van der Waals surface area contributed by atoms with Crippen LogP contribution in [0.15, 0.2) is 76.5 Å². The molecule has 2 heterocycles. The number of halogens is 1. The van der Waals surface area contributed by atoms with Crippen molar-refractivity contribution in [3.05, 3.63) is 93.2 Å². The molecule has 6 nitrogen and oxygen atoms in total. The van der Waals surface area contributed by atoms with Gasteiger partial charge in [-0.05, 0) is 80.0 Å². The van der Waals surface area contributed by atoms with Gasteiger partial charge in [-0.15, -0.1) is 0 Å². The molecule has 0 radical (unpaired) electrons. The highest BCUT2D eigenvalue weighted by Gasteiger charge is 2.12. The largest absolute Gasteiger partial charge is 0.494 e. The number of pyridine rings is 1. The second-order valence-corrected chi connectivity index (χ2v) is 9.31. The summed E-state index contributed by atoms with van der Waals surface area (Å²) in [7, 11) is 0. The van der Waals surface area contributed by atoms with Crippen LogP contribution in [0.4, 0.5) is 17.1 Å². The molecule has 1 aromatic heterocycles. The normalized spacial score (nSPS) is 14.5. The van der Waals surface area contributed by atoms with E-state index in [1.807, 2.05) is 42.5 Å². The lowest BCUT2D eigenvalue weighted by atomic mass is 10.1. The van der Waals surface area contributed by atoms with Crippen LogP contribution in [-0.2, 0) is 6.54 Å². The van der Waals surface area contributed by atoms with Crippen molar-refractivity contribution in [2.75, 3.05) is 18.4 Å². The van der Waals surface area contributed by atoms with Gasteiger partial charge in [0.25, 0.3) is 5.56 Å². The van der Waals surface area contributed by atoms with E-state index in [4.69, 9.17) is 11.6 Å². The molecule has 0 unspecified atom stereocenters. The summed E-state index contributed by atoms with van der Waals surface area (Å²) in [5.41, 5.74) is 3.73. The van der Waals surface area contributed by atoms with Crippen molar-refractivity contribution in [3.8, 4) is 5.88 Å². The third kappa shape index (κ3) is 5.56. The monoisotopic (exact) mass is 486 g/mol. The van der Waals surface area contributed by atoms with Gasteiger partial charge in [0, 0.05) is 39.9 Å². The molecule has 4 aromatic rings. The number of anilines is 2. The van der Waals surface area contributed by atoms with E-state index < -0.39 is 0 Å². The molecule has 178 valence electrons.